The molecule has 1 aromatic carbocycles. The van der Waals surface area contributed by atoms with Gasteiger partial charge in [-0.25, -0.2) is 12.8 Å². The summed E-state index contributed by atoms with van der Waals surface area (Å²) in [6.45, 7) is 6.74. The minimum absolute atomic E-state index is 0.0716. The third-order valence-corrected chi connectivity index (χ3v) is 7.68. The van der Waals surface area contributed by atoms with Gasteiger partial charge in [-0.05, 0) is 68.8 Å². The molecule has 0 bridgehead atoms. The Kier molecular flexibility index (Phi) is 6.03. The van der Waals surface area contributed by atoms with Crippen molar-refractivity contribution in [2.75, 3.05) is 32.7 Å². The van der Waals surface area contributed by atoms with Crippen LogP contribution in [-0.4, -0.2) is 50.3 Å². The van der Waals surface area contributed by atoms with Gasteiger partial charge in [0.25, 0.3) is 0 Å². The van der Waals surface area contributed by atoms with Crippen LogP contribution < -0.4 is 0 Å². The normalized spacial score (nSPS) is 22.4. The largest absolute Gasteiger partial charge is 0.303 e. The van der Waals surface area contributed by atoms with Crippen LogP contribution in [0.15, 0.2) is 23.1 Å². The number of halogens is 2. The van der Waals surface area contributed by atoms with E-state index in [4.69, 9.17) is 11.6 Å². The molecule has 0 aromatic heterocycles. The van der Waals surface area contributed by atoms with Gasteiger partial charge in [0.2, 0.25) is 10.0 Å². The predicted octanol–water partition coefficient (Wildman–Crippen LogP) is 3.61. The quantitative estimate of drug-likeness (QED) is 0.791. The highest BCUT2D eigenvalue weighted by Crippen LogP contribution is 2.27. The second kappa shape index (κ2) is 7.91. The van der Waals surface area contributed by atoms with Crippen molar-refractivity contribution in [1.29, 1.82) is 0 Å². The number of likely N-dealkylation sites (tertiary alicyclic amines) is 1. The van der Waals surface area contributed by atoms with Crippen LogP contribution in [0.25, 0.3) is 0 Å². The Bertz CT molecular complexity index is 697. The van der Waals surface area contributed by atoms with Gasteiger partial charge in [0.05, 0.1) is 9.92 Å². The van der Waals surface area contributed by atoms with Crippen LogP contribution >= 0.6 is 11.6 Å². The monoisotopic (exact) mass is 388 g/mol. The maximum atomic E-state index is 13.3. The van der Waals surface area contributed by atoms with Gasteiger partial charge in [-0.15, -0.1) is 0 Å². The van der Waals surface area contributed by atoms with E-state index in [0.29, 0.717) is 19.0 Å². The minimum Gasteiger partial charge on any atom is -0.303 e. The smallest absolute Gasteiger partial charge is 0.243 e. The summed E-state index contributed by atoms with van der Waals surface area (Å²) >= 11 is 5.74. The van der Waals surface area contributed by atoms with E-state index in [2.05, 4.69) is 11.8 Å². The highest BCUT2D eigenvalue weighted by molar-refractivity contribution is 7.89. The molecule has 0 amide bonds. The van der Waals surface area contributed by atoms with Gasteiger partial charge in [0, 0.05) is 19.6 Å². The Labute approximate surface area is 155 Å². The lowest BCUT2D eigenvalue weighted by molar-refractivity contribution is 0.142. The molecule has 25 heavy (non-hydrogen) atoms. The average molecular weight is 389 g/mol. The molecule has 2 fully saturated rings. The number of rotatable bonds is 4. The van der Waals surface area contributed by atoms with Crippen molar-refractivity contribution in [3.8, 4) is 0 Å². The van der Waals surface area contributed by atoms with Crippen molar-refractivity contribution < 1.29 is 12.8 Å². The molecular formula is C18H26ClFN2O2S. The van der Waals surface area contributed by atoms with Gasteiger partial charge >= 0.3 is 0 Å². The van der Waals surface area contributed by atoms with Crippen LogP contribution in [0.5, 0.6) is 0 Å². The van der Waals surface area contributed by atoms with Crippen LogP contribution in [0.1, 0.15) is 32.6 Å². The number of nitrogens with zero attached hydrogens (tertiary/aromatic N) is 2. The summed E-state index contributed by atoms with van der Waals surface area (Å²) in [6.07, 6.45) is 4.28. The first-order valence-electron chi connectivity index (χ1n) is 9.04. The molecule has 0 spiro atoms. The molecule has 0 aliphatic carbocycles. The molecule has 2 saturated heterocycles. The Morgan fingerprint density at radius 3 is 2.36 bits per heavy atom. The topological polar surface area (TPSA) is 40.6 Å². The van der Waals surface area contributed by atoms with Crippen LogP contribution in [0, 0.1) is 17.7 Å². The highest BCUT2D eigenvalue weighted by Gasteiger charge is 2.31. The molecule has 0 N–H and O–H groups in total. The SMILES string of the molecule is CC1CCN(CC2CCN(S(=O)(=O)c3ccc(F)c(Cl)c3)CC2)CC1. The van der Waals surface area contributed by atoms with Gasteiger partial charge in [-0.3, -0.25) is 0 Å². The van der Waals surface area contributed by atoms with Gasteiger partial charge < -0.3 is 4.90 Å². The Morgan fingerprint density at radius 1 is 1.12 bits per heavy atom. The first-order chi connectivity index (χ1) is 11.9. The molecule has 0 radical (unpaired) electrons. The van der Waals surface area contributed by atoms with Crippen LogP contribution in [0.4, 0.5) is 4.39 Å². The van der Waals surface area contributed by atoms with Gasteiger partial charge in [-0.1, -0.05) is 18.5 Å². The van der Waals surface area contributed by atoms with Crippen LogP contribution in [-0.2, 0) is 10.0 Å². The predicted molar refractivity (Wildman–Crippen MR) is 97.7 cm³/mol. The molecule has 2 aliphatic heterocycles. The Balaban J connectivity index is 1.57. The Hall–Kier alpha value is -0.690. The van der Waals surface area contributed by atoms with Crippen molar-refractivity contribution in [2.45, 2.75) is 37.5 Å². The lowest BCUT2D eigenvalue weighted by Crippen LogP contribution is -2.43. The maximum absolute atomic E-state index is 13.3. The van der Waals surface area contributed by atoms with E-state index in [1.54, 1.807) is 0 Å². The zero-order chi connectivity index (χ0) is 18.0. The number of piperidine rings is 2. The second-order valence-corrected chi connectivity index (χ2v) is 9.75. The first kappa shape index (κ1) is 19.1. The van der Waals surface area contributed by atoms with Gasteiger partial charge in [0.15, 0.2) is 0 Å². The van der Waals surface area contributed by atoms with E-state index in [-0.39, 0.29) is 9.92 Å². The van der Waals surface area contributed by atoms with E-state index in [9.17, 15) is 12.8 Å². The molecule has 3 rings (SSSR count). The van der Waals surface area contributed by atoms with Gasteiger partial charge in [0.1, 0.15) is 5.82 Å². The van der Waals surface area contributed by atoms with Crippen molar-refractivity contribution >= 4 is 21.6 Å². The average Bonchev–Trinajstić information content (AvgIpc) is 2.60. The summed E-state index contributed by atoms with van der Waals surface area (Å²) in [5.74, 6) is 0.776. The maximum Gasteiger partial charge on any atom is 0.243 e. The highest BCUT2D eigenvalue weighted by atomic mass is 35.5. The molecule has 2 aliphatic rings. The van der Waals surface area contributed by atoms with E-state index >= 15 is 0 Å². The molecule has 0 saturated carbocycles. The van der Waals surface area contributed by atoms with Crippen LogP contribution in [0.2, 0.25) is 5.02 Å². The Morgan fingerprint density at radius 2 is 1.76 bits per heavy atom. The molecule has 7 heteroatoms. The molecule has 0 unspecified atom stereocenters. The number of benzene rings is 1. The molecule has 2 heterocycles. The van der Waals surface area contributed by atoms with Crippen LogP contribution in [0.3, 0.4) is 0 Å². The fourth-order valence-corrected chi connectivity index (χ4v) is 5.47. The third kappa shape index (κ3) is 4.54. The second-order valence-electron chi connectivity index (χ2n) is 7.41. The number of hydrogen-bond donors (Lipinski definition) is 0. The van der Waals surface area contributed by atoms with E-state index in [1.165, 1.54) is 29.3 Å². The molecule has 1 aromatic rings. The van der Waals surface area contributed by atoms with E-state index in [1.807, 2.05) is 0 Å². The lowest BCUT2D eigenvalue weighted by Gasteiger charge is -2.36. The van der Waals surface area contributed by atoms with Crippen molar-refractivity contribution in [2.24, 2.45) is 11.8 Å². The molecular weight excluding hydrogens is 363 g/mol. The summed E-state index contributed by atoms with van der Waals surface area (Å²) in [7, 11) is -3.60. The number of hydrogen-bond acceptors (Lipinski definition) is 3. The summed E-state index contributed by atoms with van der Waals surface area (Å²) < 4.78 is 40.2. The number of sulfonamides is 1. The molecule has 4 nitrogen and oxygen atoms in total. The zero-order valence-electron chi connectivity index (χ0n) is 14.6. The van der Waals surface area contributed by atoms with E-state index in [0.717, 1.165) is 44.5 Å². The summed E-state index contributed by atoms with van der Waals surface area (Å²) in [5, 5.41) is -0.157. The zero-order valence-corrected chi connectivity index (χ0v) is 16.2. The van der Waals surface area contributed by atoms with E-state index < -0.39 is 15.8 Å². The van der Waals surface area contributed by atoms with Crippen molar-refractivity contribution in [3.63, 3.8) is 0 Å². The summed E-state index contributed by atoms with van der Waals surface area (Å²) in [6, 6.07) is 3.60. The molecule has 140 valence electrons. The summed E-state index contributed by atoms with van der Waals surface area (Å²) in [4.78, 5) is 2.59. The standard InChI is InChI=1S/C18H26ClFN2O2S/c1-14-4-8-21(9-5-14)13-15-6-10-22(11-7-15)25(23,24)16-2-3-18(20)17(19)12-16/h2-3,12,14-15H,4-11,13H2,1H3. The van der Waals surface area contributed by atoms with Gasteiger partial charge in [-0.2, -0.15) is 4.31 Å². The third-order valence-electron chi connectivity index (χ3n) is 5.49. The van der Waals surface area contributed by atoms with Crippen molar-refractivity contribution in [1.82, 2.24) is 9.21 Å². The fraction of sp³-hybridized carbons (Fsp3) is 0.667. The fourth-order valence-electron chi connectivity index (χ4n) is 3.73. The lowest BCUT2D eigenvalue weighted by atomic mass is 9.94. The summed E-state index contributed by atoms with van der Waals surface area (Å²) in [5.41, 5.74) is 0. The molecule has 0 atom stereocenters. The van der Waals surface area contributed by atoms with Crippen molar-refractivity contribution in [3.05, 3.63) is 29.0 Å². The first-order valence-corrected chi connectivity index (χ1v) is 10.9. The minimum atomic E-state index is -3.60.